The first-order valence-corrected chi connectivity index (χ1v) is 7.49. The molecule has 1 rings (SSSR count). The third kappa shape index (κ3) is 2.98. The van der Waals surface area contributed by atoms with Gasteiger partial charge in [-0.15, -0.1) is 0 Å². The molecule has 0 aliphatic heterocycles. The summed E-state index contributed by atoms with van der Waals surface area (Å²) in [4.78, 5) is 49.1. The van der Waals surface area contributed by atoms with Gasteiger partial charge in [0.15, 0.2) is 11.2 Å². The predicted octanol–water partition coefficient (Wildman–Crippen LogP) is 1.20. The molecule has 0 N–H and O–H groups in total. The van der Waals surface area contributed by atoms with Crippen molar-refractivity contribution >= 4 is 23.5 Å². The van der Waals surface area contributed by atoms with E-state index in [0.29, 0.717) is 0 Å². The van der Waals surface area contributed by atoms with Crippen molar-refractivity contribution in [2.45, 2.75) is 40.5 Å². The summed E-state index contributed by atoms with van der Waals surface area (Å²) in [5.41, 5.74) is -3.57. The van der Waals surface area contributed by atoms with Crippen LogP contribution in [0.15, 0.2) is 0 Å². The van der Waals surface area contributed by atoms with Gasteiger partial charge in [-0.25, -0.2) is 0 Å². The minimum absolute atomic E-state index is 0.00420. The first-order valence-electron chi connectivity index (χ1n) is 7.49. The van der Waals surface area contributed by atoms with Crippen LogP contribution < -0.4 is 0 Å². The fourth-order valence-electron chi connectivity index (χ4n) is 3.09. The summed E-state index contributed by atoms with van der Waals surface area (Å²) in [7, 11) is 0. The normalized spacial score (nSPS) is 25.5. The van der Waals surface area contributed by atoms with Crippen LogP contribution in [0.3, 0.4) is 0 Å². The Morgan fingerprint density at radius 3 is 2.04 bits per heavy atom. The lowest BCUT2D eigenvalue weighted by Gasteiger charge is -2.33. The molecule has 1 aliphatic carbocycles. The van der Waals surface area contributed by atoms with Crippen LogP contribution in [0.25, 0.3) is 0 Å². The van der Waals surface area contributed by atoms with E-state index >= 15 is 0 Å². The third-order valence-electron chi connectivity index (χ3n) is 4.31. The molecular formula is C16H21NO6. The smallest absolute Gasteiger partial charge is 0.324 e. The molecule has 0 bridgehead atoms. The van der Waals surface area contributed by atoms with Crippen molar-refractivity contribution in [2.75, 3.05) is 13.2 Å². The summed E-state index contributed by atoms with van der Waals surface area (Å²) in [5.74, 6) is -3.84. The zero-order valence-electron chi connectivity index (χ0n) is 13.8. The predicted molar refractivity (Wildman–Crippen MR) is 77.8 cm³/mol. The maximum atomic E-state index is 12.5. The zero-order chi connectivity index (χ0) is 17.8. The molecule has 1 fully saturated rings. The van der Waals surface area contributed by atoms with Gasteiger partial charge in [-0.1, -0.05) is 0 Å². The molecule has 1 aliphatic rings. The van der Waals surface area contributed by atoms with E-state index in [-0.39, 0.29) is 25.4 Å². The Morgan fingerprint density at radius 1 is 1.22 bits per heavy atom. The van der Waals surface area contributed by atoms with Crippen LogP contribution in [0, 0.1) is 28.1 Å². The van der Waals surface area contributed by atoms with Crippen LogP contribution in [-0.2, 0) is 28.7 Å². The molecular weight excluding hydrogens is 302 g/mol. The summed E-state index contributed by atoms with van der Waals surface area (Å²) < 4.78 is 9.96. The number of hydrogen-bond donors (Lipinski definition) is 0. The van der Waals surface area contributed by atoms with E-state index < -0.39 is 40.9 Å². The molecule has 0 aromatic heterocycles. The van der Waals surface area contributed by atoms with Gasteiger partial charge in [-0.3, -0.25) is 14.4 Å². The standard InChI is InChI=1S/C16H21NO6/c1-5-22-13(20)16(14(21)23-6-2)8-12(19)15(4,9-17)11(16)7-10(3)18/h11H,5-8H2,1-4H3/t11-,15+/m0/s1. The highest BCUT2D eigenvalue weighted by atomic mass is 16.6. The molecule has 0 unspecified atom stereocenters. The van der Waals surface area contributed by atoms with Crippen LogP contribution in [0.2, 0.25) is 0 Å². The Labute approximate surface area is 134 Å². The van der Waals surface area contributed by atoms with E-state index in [1.807, 2.05) is 6.07 Å². The molecule has 0 saturated heterocycles. The maximum Gasteiger partial charge on any atom is 0.324 e. The lowest BCUT2D eigenvalue weighted by atomic mass is 9.67. The summed E-state index contributed by atoms with van der Waals surface area (Å²) >= 11 is 0. The summed E-state index contributed by atoms with van der Waals surface area (Å²) in [5, 5.41) is 9.45. The molecule has 126 valence electrons. The van der Waals surface area contributed by atoms with Gasteiger partial charge >= 0.3 is 11.9 Å². The maximum absolute atomic E-state index is 12.5. The van der Waals surface area contributed by atoms with Gasteiger partial charge in [0.2, 0.25) is 0 Å². The van der Waals surface area contributed by atoms with E-state index in [1.54, 1.807) is 13.8 Å². The van der Waals surface area contributed by atoms with E-state index in [1.165, 1.54) is 13.8 Å². The molecule has 0 radical (unpaired) electrons. The van der Waals surface area contributed by atoms with E-state index in [2.05, 4.69) is 0 Å². The first kappa shape index (κ1) is 18.8. The van der Waals surface area contributed by atoms with Gasteiger partial charge in [0.1, 0.15) is 11.2 Å². The SMILES string of the molecule is CCOC(=O)C1(C(=O)OCC)CC(=O)[C@](C)(C#N)[C@@H]1CC(C)=O. The second-order valence-electron chi connectivity index (χ2n) is 5.79. The number of rotatable bonds is 6. The second kappa shape index (κ2) is 6.90. The first-order chi connectivity index (χ1) is 10.7. The summed E-state index contributed by atoms with van der Waals surface area (Å²) in [6, 6.07) is 1.88. The molecule has 7 heteroatoms. The Morgan fingerprint density at radius 2 is 1.70 bits per heavy atom. The van der Waals surface area contributed by atoms with Crippen LogP contribution in [-0.4, -0.2) is 36.7 Å². The molecule has 23 heavy (non-hydrogen) atoms. The Balaban J connectivity index is 3.54. The number of ketones is 2. The molecule has 7 nitrogen and oxygen atoms in total. The second-order valence-corrected chi connectivity index (χ2v) is 5.79. The van der Waals surface area contributed by atoms with Gasteiger partial charge < -0.3 is 14.3 Å². The van der Waals surface area contributed by atoms with Gasteiger partial charge in [-0.2, -0.15) is 5.26 Å². The van der Waals surface area contributed by atoms with Gasteiger partial charge in [-0.05, 0) is 27.7 Å². The van der Waals surface area contributed by atoms with Crippen molar-refractivity contribution in [3.63, 3.8) is 0 Å². The Kier molecular flexibility index (Phi) is 5.65. The molecule has 0 aromatic rings. The average Bonchev–Trinajstić information content (AvgIpc) is 2.70. The quantitative estimate of drug-likeness (QED) is 0.533. The Bertz CT molecular complexity index is 558. The van der Waals surface area contributed by atoms with Crippen molar-refractivity contribution in [2.24, 2.45) is 16.7 Å². The lowest BCUT2D eigenvalue weighted by Crippen LogP contribution is -2.48. The zero-order valence-corrected chi connectivity index (χ0v) is 13.8. The van der Waals surface area contributed by atoms with Gasteiger partial charge in [0.05, 0.1) is 19.3 Å². The highest BCUT2D eigenvalue weighted by molar-refractivity contribution is 6.10. The number of nitrogens with zero attached hydrogens (tertiary/aromatic N) is 1. The Hall–Kier alpha value is -2.23. The van der Waals surface area contributed by atoms with Crippen LogP contribution in [0.1, 0.15) is 40.5 Å². The van der Waals surface area contributed by atoms with Crippen LogP contribution in [0.4, 0.5) is 0 Å². The van der Waals surface area contributed by atoms with Crippen LogP contribution >= 0.6 is 0 Å². The topological polar surface area (TPSA) is 111 Å². The number of hydrogen-bond acceptors (Lipinski definition) is 7. The number of carbonyl (C=O) groups is 4. The van der Waals surface area contributed by atoms with E-state index in [4.69, 9.17) is 9.47 Å². The number of esters is 2. The molecule has 0 heterocycles. The molecule has 1 saturated carbocycles. The van der Waals surface area contributed by atoms with Crippen molar-refractivity contribution in [1.82, 2.24) is 0 Å². The minimum Gasteiger partial charge on any atom is -0.465 e. The van der Waals surface area contributed by atoms with Crippen molar-refractivity contribution < 1.29 is 28.7 Å². The minimum atomic E-state index is -1.95. The summed E-state index contributed by atoms with van der Waals surface area (Å²) in [6.45, 7) is 5.77. The molecule has 0 spiro atoms. The average molecular weight is 323 g/mol. The van der Waals surface area contributed by atoms with E-state index in [9.17, 15) is 24.4 Å². The van der Waals surface area contributed by atoms with Gasteiger partial charge in [0.25, 0.3) is 0 Å². The largest absolute Gasteiger partial charge is 0.465 e. The fourth-order valence-corrected chi connectivity index (χ4v) is 3.09. The number of Topliss-reactive ketones (excluding diaryl/α,β-unsaturated/α-hetero) is 2. The molecule has 0 amide bonds. The third-order valence-corrected chi connectivity index (χ3v) is 4.31. The molecule has 0 aromatic carbocycles. The number of nitriles is 1. The van der Waals surface area contributed by atoms with Crippen molar-refractivity contribution in [3.05, 3.63) is 0 Å². The van der Waals surface area contributed by atoms with Crippen LogP contribution in [0.5, 0.6) is 0 Å². The highest BCUT2D eigenvalue weighted by Crippen LogP contribution is 2.55. The van der Waals surface area contributed by atoms with Gasteiger partial charge in [0, 0.05) is 18.8 Å². The highest BCUT2D eigenvalue weighted by Gasteiger charge is 2.69. The number of ether oxygens (including phenoxy) is 2. The van der Waals surface area contributed by atoms with Crippen molar-refractivity contribution in [1.29, 1.82) is 5.26 Å². The van der Waals surface area contributed by atoms with E-state index in [0.717, 1.165) is 0 Å². The molecule has 2 atom stereocenters. The fraction of sp³-hybridized carbons (Fsp3) is 0.688. The monoisotopic (exact) mass is 323 g/mol. The van der Waals surface area contributed by atoms with Crippen molar-refractivity contribution in [3.8, 4) is 6.07 Å². The summed E-state index contributed by atoms with van der Waals surface area (Å²) in [6.07, 6.45) is -0.750. The lowest BCUT2D eigenvalue weighted by molar-refractivity contribution is -0.176. The number of carbonyl (C=O) groups excluding carboxylic acids is 4.